The van der Waals surface area contributed by atoms with Crippen molar-refractivity contribution in [3.63, 3.8) is 0 Å². The highest BCUT2D eigenvalue weighted by atomic mass is 16.4. The molecule has 2 atom stereocenters. The average Bonchev–Trinajstić information content (AvgIpc) is 1.98. The molecule has 0 radical (unpaired) electrons. The topological polar surface area (TPSA) is 63.3 Å². The highest BCUT2D eigenvalue weighted by Crippen LogP contribution is 2.12. The first kappa shape index (κ1) is 10.4. The summed E-state index contributed by atoms with van der Waals surface area (Å²) in [6, 6.07) is -0.188. The minimum Gasteiger partial charge on any atom is -0.481 e. The standard InChI is InChI=1S/C8H17NO2/c1-3-5-6(8(10)11)7(9)4-2/h6-7H,3-5,9H2,1-2H3,(H,10,11). The smallest absolute Gasteiger partial charge is 0.308 e. The van der Waals surface area contributed by atoms with Gasteiger partial charge in [-0.25, -0.2) is 0 Å². The van der Waals surface area contributed by atoms with Gasteiger partial charge in [-0.05, 0) is 12.8 Å². The lowest BCUT2D eigenvalue weighted by atomic mass is 9.94. The SMILES string of the molecule is CCCC(C(=O)O)C(N)CC. The second-order valence-corrected chi connectivity index (χ2v) is 2.81. The quantitative estimate of drug-likeness (QED) is 0.634. The van der Waals surface area contributed by atoms with E-state index >= 15 is 0 Å². The van der Waals surface area contributed by atoms with E-state index in [1.165, 1.54) is 0 Å². The van der Waals surface area contributed by atoms with Gasteiger partial charge in [0.15, 0.2) is 0 Å². The summed E-state index contributed by atoms with van der Waals surface area (Å²) in [4.78, 5) is 10.6. The highest BCUT2D eigenvalue weighted by Gasteiger charge is 2.22. The summed E-state index contributed by atoms with van der Waals surface area (Å²) in [7, 11) is 0. The molecule has 0 amide bonds. The monoisotopic (exact) mass is 159 g/mol. The number of hydrogen-bond acceptors (Lipinski definition) is 2. The summed E-state index contributed by atoms with van der Waals surface area (Å²) >= 11 is 0. The molecule has 3 N–H and O–H groups in total. The Balaban J connectivity index is 3.97. The highest BCUT2D eigenvalue weighted by molar-refractivity contribution is 5.70. The van der Waals surface area contributed by atoms with Gasteiger partial charge in [-0.2, -0.15) is 0 Å². The van der Waals surface area contributed by atoms with Crippen LogP contribution < -0.4 is 5.73 Å². The molecule has 0 heterocycles. The maximum Gasteiger partial charge on any atom is 0.308 e. The summed E-state index contributed by atoms with van der Waals surface area (Å²) in [5, 5.41) is 8.73. The van der Waals surface area contributed by atoms with E-state index in [2.05, 4.69) is 0 Å². The number of nitrogens with two attached hydrogens (primary N) is 1. The minimum absolute atomic E-state index is 0.188. The van der Waals surface area contributed by atoms with E-state index in [0.717, 1.165) is 12.8 Å². The number of carboxylic acids is 1. The van der Waals surface area contributed by atoms with E-state index in [0.29, 0.717) is 6.42 Å². The normalized spacial score (nSPS) is 15.9. The number of carbonyl (C=O) groups is 1. The molecule has 0 aromatic rings. The van der Waals surface area contributed by atoms with Gasteiger partial charge in [0, 0.05) is 6.04 Å². The molecule has 0 aromatic heterocycles. The zero-order valence-electron chi connectivity index (χ0n) is 7.21. The van der Waals surface area contributed by atoms with Crippen molar-refractivity contribution in [2.24, 2.45) is 11.7 Å². The maximum atomic E-state index is 10.6. The Kier molecular flexibility index (Phi) is 4.86. The van der Waals surface area contributed by atoms with Crippen molar-refractivity contribution >= 4 is 5.97 Å². The van der Waals surface area contributed by atoms with E-state index in [1.807, 2.05) is 13.8 Å². The Morgan fingerprint density at radius 2 is 2.09 bits per heavy atom. The molecule has 0 aliphatic rings. The third-order valence-corrected chi connectivity index (χ3v) is 1.91. The largest absolute Gasteiger partial charge is 0.481 e. The number of rotatable bonds is 5. The van der Waals surface area contributed by atoms with Gasteiger partial charge in [0.1, 0.15) is 0 Å². The van der Waals surface area contributed by atoms with E-state index in [4.69, 9.17) is 10.8 Å². The van der Waals surface area contributed by atoms with Crippen LogP contribution >= 0.6 is 0 Å². The van der Waals surface area contributed by atoms with E-state index in [9.17, 15) is 4.79 Å². The van der Waals surface area contributed by atoms with Crippen LogP contribution in [0.4, 0.5) is 0 Å². The summed E-state index contributed by atoms with van der Waals surface area (Å²) in [5.41, 5.74) is 5.62. The Morgan fingerprint density at radius 3 is 2.36 bits per heavy atom. The van der Waals surface area contributed by atoms with Crippen LogP contribution in [0.3, 0.4) is 0 Å². The third-order valence-electron chi connectivity index (χ3n) is 1.91. The van der Waals surface area contributed by atoms with Gasteiger partial charge in [0.05, 0.1) is 5.92 Å². The minimum atomic E-state index is -0.763. The van der Waals surface area contributed by atoms with Gasteiger partial charge < -0.3 is 10.8 Å². The van der Waals surface area contributed by atoms with Gasteiger partial charge >= 0.3 is 5.97 Å². The first-order chi connectivity index (χ1) is 5.13. The van der Waals surface area contributed by atoms with Crippen molar-refractivity contribution in [3.8, 4) is 0 Å². The molecule has 0 aliphatic heterocycles. The summed E-state index contributed by atoms with van der Waals surface area (Å²) < 4.78 is 0. The van der Waals surface area contributed by atoms with Gasteiger partial charge in [-0.1, -0.05) is 20.3 Å². The van der Waals surface area contributed by atoms with E-state index < -0.39 is 5.97 Å². The van der Waals surface area contributed by atoms with Crippen molar-refractivity contribution in [2.75, 3.05) is 0 Å². The number of hydrogen-bond donors (Lipinski definition) is 2. The zero-order valence-corrected chi connectivity index (χ0v) is 7.21. The molecule has 0 spiro atoms. The molecule has 3 nitrogen and oxygen atoms in total. The zero-order chi connectivity index (χ0) is 8.85. The lowest BCUT2D eigenvalue weighted by Gasteiger charge is -2.17. The van der Waals surface area contributed by atoms with Gasteiger partial charge in [-0.3, -0.25) is 4.79 Å². The molecule has 66 valence electrons. The van der Waals surface area contributed by atoms with Crippen molar-refractivity contribution in [1.29, 1.82) is 0 Å². The average molecular weight is 159 g/mol. The van der Waals surface area contributed by atoms with E-state index in [-0.39, 0.29) is 12.0 Å². The molecule has 0 saturated heterocycles. The second-order valence-electron chi connectivity index (χ2n) is 2.81. The van der Waals surface area contributed by atoms with Crippen molar-refractivity contribution < 1.29 is 9.90 Å². The fourth-order valence-corrected chi connectivity index (χ4v) is 1.12. The molecule has 0 aliphatic carbocycles. The van der Waals surface area contributed by atoms with Crippen LogP contribution in [0, 0.1) is 5.92 Å². The van der Waals surface area contributed by atoms with Crippen LogP contribution in [0.25, 0.3) is 0 Å². The molecule has 2 unspecified atom stereocenters. The summed E-state index contributed by atoms with van der Waals surface area (Å²) in [6.45, 7) is 3.88. The second kappa shape index (κ2) is 5.13. The molecule has 11 heavy (non-hydrogen) atoms. The Hall–Kier alpha value is -0.570. The first-order valence-electron chi connectivity index (χ1n) is 4.11. The van der Waals surface area contributed by atoms with Crippen LogP contribution in [-0.4, -0.2) is 17.1 Å². The predicted octanol–water partition coefficient (Wildman–Crippen LogP) is 1.22. The first-order valence-corrected chi connectivity index (χ1v) is 4.11. The van der Waals surface area contributed by atoms with Gasteiger partial charge in [-0.15, -0.1) is 0 Å². The van der Waals surface area contributed by atoms with Crippen molar-refractivity contribution in [2.45, 2.75) is 39.2 Å². The Labute approximate surface area is 67.6 Å². The van der Waals surface area contributed by atoms with Crippen LogP contribution in [0.1, 0.15) is 33.1 Å². The van der Waals surface area contributed by atoms with Crippen LogP contribution in [0.2, 0.25) is 0 Å². The molecule has 0 rings (SSSR count). The molecular weight excluding hydrogens is 142 g/mol. The van der Waals surface area contributed by atoms with Crippen LogP contribution in [-0.2, 0) is 4.79 Å². The molecule has 0 saturated carbocycles. The van der Waals surface area contributed by atoms with E-state index in [1.54, 1.807) is 0 Å². The molecule has 0 aromatic carbocycles. The van der Waals surface area contributed by atoms with Crippen molar-refractivity contribution in [1.82, 2.24) is 0 Å². The fraction of sp³-hybridized carbons (Fsp3) is 0.875. The van der Waals surface area contributed by atoms with Gasteiger partial charge in [0.2, 0.25) is 0 Å². The number of carboxylic acid groups (broad SMARTS) is 1. The third kappa shape index (κ3) is 3.37. The van der Waals surface area contributed by atoms with Crippen molar-refractivity contribution in [3.05, 3.63) is 0 Å². The maximum absolute atomic E-state index is 10.6. The van der Waals surface area contributed by atoms with Crippen LogP contribution in [0.15, 0.2) is 0 Å². The van der Waals surface area contributed by atoms with Crippen LogP contribution in [0.5, 0.6) is 0 Å². The lowest BCUT2D eigenvalue weighted by molar-refractivity contribution is -0.142. The molecule has 0 bridgehead atoms. The molecule has 0 fully saturated rings. The number of aliphatic carboxylic acids is 1. The Bertz CT molecular complexity index is 125. The Morgan fingerprint density at radius 1 is 1.55 bits per heavy atom. The predicted molar refractivity (Wildman–Crippen MR) is 44.3 cm³/mol. The summed E-state index contributed by atoms with van der Waals surface area (Å²) in [6.07, 6.45) is 2.30. The molecule has 3 heteroatoms. The fourth-order valence-electron chi connectivity index (χ4n) is 1.12. The molecular formula is C8H17NO2. The van der Waals surface area contributed by atoms with Gasteiger partial charge in [0.25, 0.3) is 0 Å². The lowest BCUT2D eigenvalue weighted by Crippen LogP contribution is -2.34. The summed E-state index contributed by atoms with van der Waals surface area (Å²) in [5.74, 6) is -1.12.